The van der Waals surface area contributed by atoms with Crippen LogP contribution >= 0.6 is 0 Å². The molecule has 0 unspecified atom stereocenters. The summed E-state index contributed by atoms with van der Waals surface area (Å²) >= 11 is 0. The topological polar surface area (TPSA) is 44.8 Å². The second-order valence-corrected chi connectivity index (χ2v) is 7.71. The Labute approximate surface area is 120 Å². The molecule has 1 saturated carbocycles. The maximum Gasteiger partial charge on any atom is 0.311 e. The predicted molar refractivity (Wildman–Crippen MR) is 71.6 cm³/mol. The first kappa shape index (κ1) is 13.1. The van der Waals surface area contributed by atoms with Crippen LogP contribution in [0.5, 0.6) is 0 Å². The van der Waals surface area contributed by atoms with E-state index in [9.17, 15) is 4.79 Å². The van der Waals surface area contributed by atoms with Gasteiger partial charge in [0.25, 0.3) is 0 Å². The number of fused-ring (bicyclic) bond motifs is 1. The summed E-state index contributed by atoms with van der Waals surface area (Å²) in [6, 6.07) is 0. The highest BCUT2D eigenvalue weighted by atomic mass is 16.8. The number of ether oxygens (including phenoxy) is 3. The van der Waals surface area contributed by atoms with E-state index in [0.717, 1.165) is 25.7 Å². The predicted octanol–water partition coefficient (Wildman–Crippen LogP) is 2.85. The standard InChI is InChI=1S/C16H24O4/c1-9-5-6-11-10(2)12(17)18-13-16(11)14(9,3)7-8-15(4,19-13)20-16/h9-11,13H,5-8H2,1-4H3/t9-,10-,11+,13+,14+,15+,16+/m1/s1. The molecule has 4 rings (SSSR count). The highest BCUT2D eigenvalue weighted by Gasteiger charge is 2.76. The normalized spacial score (nSPS) is 60.9. The zero-order valence-corrected chi connectivity index (χ0v) is 12.8. The van der Waals surface area contributed by atoms with E-state index < -0.39 is 17.7 Å². The fourth-order valence-corrected chi connectivity index (χ4v) is 5.30. The summed E-state index contributed by atoms with van der Waals surface area (Å²) in [5.41, 5.74) is -0.406. The molecule has 4 nitrogen and oxygen atoms in total. The Balaban J connectivity index is 1.89. The van der Waals surface area contributed by atoms with Gasteiger partial charge in [0, 0.05) is 17.8 Å². The Bertz CT molecular complexity index is 477. The van der Waals surface area contributed by atoms with Gasteiger partial charge < -0.3 is 14.2 Å². The molecule has 2 bridgehead atoms. The molecule has 0 aromatic carbocycles. The summed E-state index contributed by atoms with van der Waals surface area (Å²) in [7, 11) is 0. The molecule has 4 aliphatic rings. The Kier molecular flexibility index (Phi) is 2.34. The summed E-state index contributed by atoms with van der Waals surface area (Å²) in [6.07, 6.45) is 3.64. The van der Waals surface area contributed by atoms with E-state index in [-0.39, 0.29) is 23.2 Å². The van der Waals surface area contributed by atoms with Crippen LogP contribution in [0, 0.1) is 23.2 Å². The minimum atomic E-state index is -0.580. The van der Waals surface area contributed by atoms with Gasteiger partial charge in [-0.1, -0.05) is 20.8 Å². The third-order valence-electron chi connectivity index (χ3n) is 6.83. The van der Waals surface area contributed by atoms with Crippen LogP contribution in [0.1, 0.15) is 53.4 Å². The van der Waals surface area contributed by atoms with E-state index in [1.165, 1.54) is 0 Å². The van der Waals surface area contributed by atoms with Gasteiger partial charge in [-0.05, 0) is 32.1 Å². The molecule has 0 N–H and O–H groups in total. The summed E-state index contributed by atoms with van der Waals surface area (Å²) in [4.78, 5) is 12.2. The summed E-state index contributed by atoms with van der Waals surface area (Å²) in [6.45, 7) is 8.61. The second-order valence-electron chi connectivity index (χ2n) is 7.71. The van der Waals surface area contributed by atoms with Crippen molar-refractivity contribution in [3.8, 4) is 0 Å². The lowest BCUT2D eigenvalue weighted by molar-refractivity contribution is -0.295. The first-order chi connectivity index (χ1) is 9.32. The lowest BCUT2D eigenvalue weighted by Gasteiger charge is -2.62. The van der Waals surface area contributed by atoms with Crippen molar-refractivity contribution >= 4 is 5.97 Å². The van der Waals surface area contributed by atoms with Gasteiger partial charge in [0.05, 0.1) is 5.92 Å². The van der Waals surface area contributed by atoms with E-state index in [2.05, 4.69) is 13.8 Å². The van der Waals surface area contributed by atoms with E-state index >= 15 is 0 Å². The maximum atomic E-state index is 12.2. The molecule has 3 aliphatic heterocycles. The molecule has 20 heavy (non-hydrogen) atoms. The lowest BCUT2D eigenvalue weighted by Crippen LogP contribution is -2.69. The van der Waals surface area contributed by atoms with Crippen molar-refractivity contribution in [2.75, 3.05) is 0 Å². The molecule has 7 atom stereocenters. The molecule has 0 radical (unpaired) electrons. The number of esters is 1. The molecule has 1 spiro atoms. The monoisotopic (exact) mass is 280 g/mol. The maximum absolute atomic E-state index is 12.2. The third-order valence-corrected chi connectivity index (χ3v) is 6.83. The molecule has 4 heteroatoms. The van der Waals surface area contributed by atoms with E-state index in [1.54, 1.807) is 0 Å². The van der Waals surface area contributed by atoms with Gasteiger partial charge in [-0.3, -0.25) is 4.79 Å². The van der Waals surface area contributed by atoms with Gasteiger partial charge in [-0.2, -0.15) is 0 Å². The smallest absolute Gasteiger partial charge is 0.311 e. The highest BCUT2D eigenvalue weighted by molar-refractivity contribution is 5.74. The van der Waals surface area contributed by atoms with E-state index in [4.69, 9.17) is 14.2 Å². The van der Waals surface area contributed by atoms with Gasteiger partial charge in [-0.25, -0.2) is 0 Å². The van der Waals surface area contributed by atoms with Gasteiger partial charge >= 0.3 is 5.97 Å². The summed E-state index contributed by atoms with van der Waals surface area (Å²) in [5.74, 6) is -0.0120. The molecule has 112 valence electrons. The number of hydrogen-bond acceptors (Lipinski definition) is 4. The van der Waals surface area contributed by atoms with Crippen LogP contribution in [-0.2, 0) is 19.0 Å². The largest absolute Gasteiger partial charge is 0.432 e. The van der Waals surface area contributed by atoms with Crippen molar-refractivity contribution in [3.05, 3.63) is 0 Å². The van der Waals surface area contributed by atoms with Crippen LogP contribution in [0.15, 0.2) is 0 Å². The van der Waals surface area contributed by atoms with Crippen molar-refractivity contribution in [1.29, 1.82) is 0 Å². The van der Waals surface area contributed by atoms with Crippen molar-refractivity contribution in [3.63, 3.8) is 0 Å². The first-order valence-electron chi connectivity index (χ1n) is 7.91. The fourth-order valence-electron chi connectivity index (χ4n) is 5.30. The molecule has 0 aromatic heterocycles. The number of carbonyl (C=O) groups is 1. The van der Waals surface area contributed by atoms with Crippen LogP contribution in [0.3, 0.4) is 0 Å². The second kappa shape index (κ2) is 3.58. The molecule has 3 heterocycles. The molecule has 0 amide bonds. The van der Waals surface area contributed by atoms with Crippen LogP contribution in [-0.4, -0.2) is 23.6 Å². The van der Waals surface area contributed by atoms with Crippen LogP contribution in [0.25, 0.3) is 0 Å². The minimum Gasteiger partial charge on any atom is -0.432 e. The van der Waals surface area contributed by atoms with E-state index in [1.807, 2.05) is 13.8 Å². The zero-order valence-electron chi connectivity index (χ0n) is 12.8. The average molecular weight is 280 g/mol. The van der Waals surface area contributed by atoms with Crippen molar-refractivity contribution in [2.45, 2.75) is 71.1 Å². The van der Waals surface area contributed by atoms with Gasteiger partial charge in [0.1, 0.15) is 5.60 Å². The van der Waals surface area contributed by atoms with Crippen molar-refractivity contribution in [2.24, 2.45) is 23.2 Å². The molecule has 0 aromatic rings. The zero-order chi connectivity index (χ0) is 14.3. The number of hydrogen-bond donors (Lipinski definition) is 0. The van der Waals surface area contributed by atoms with E-state index in [0.29, 0.717) is 5.92 Å². The Morgan fingerprint density at radius 1 is 1.15 bits per heavy atom. The quantitative estimate of drug-likeness (QED) is 0.640. The minimum absolute atomic E-state index is 0.0333. The van der Waals surface area contributed by atoms with Crippen LogP contribution in [0.4, 0.5) is 0 Å². The summed E-state index contributed by atoms with van der Waals surface area (Å²) in [5, 5.41) is 0. The van der Waals surface area contributed by atoms with Crippen LogP contribution in [0.2, 0.25) is 0 Å². The van der Waals surface area contributed by atoms with Gasteiger partial charge in [0.15, 0.2) is 5.79 Å². The fraction of sp³-hybridized carbons (Fsp3) is 0.938. The SMILES string of the molecule is C[C@@H]1CC[C@H]2[C@@H](C)C(=O)O[C@H]3O[C@]4(C)CC[C@]1(C)[C@@]32O4. The highest BCUT2D eigenvalue weighted by Crippen LogP contribution is 2.68. The molecular formula is C16H24O4. The molecule has 4 fully saturated rings. The van der Waals surface area contributed by atoms with Gasteiger partial charge in [0.2, 0.25) is 6.29 Å². The first-order valence-corrected chi connectivity index (χ1v) is 7.91. The average Bonchev–Trinajstić information content (AvgIpc) is 2.64. The number of carbonyl (C=O) groups excluding carboxylic acids is 1. The molecular weight excluding hydrogens is 256 g/mol. The van der Waals surface area contributed by atoms with Crippen molar-refractivity contribution < 1.29 is 19.0 Å². The number of rotatable bonds is 0. The lowest BCUT2D eigenvalue weighted by atomic mass is 9.49. The Hall–Kier alpha value is -0.610. The summed E-state index contributed by atoms with van der Waals surface area (Å²) < 4.78 is 18.3. The molecule has 3 saturated heterocycles. The Morgan fingerprint density at radius 3 is 2.65 bits per heavy atom. The Morgan fingerprint density at radius 2 is 1.90 bits per heavy atom. The third kappa shape index (κ3) is 1.24. The van der Waals surface area contributed by atoms with Crippen LogP contribution < -0.4 is 0 Å². The van der Waals surface area contributed by atoms with Crippen molar-refractivity contribution in [1.82, 2.24) is 0 Å². The van der Waals surface area contributed by atoms with Gasteiger partial charge in [-0.15, -0.1) is 0 Å². The molecule has 1 aliphatic carbocycles.